The third kappa shape index (κ3) is 3.85. The molecule has 2 aromatic rings. The monoisotopic (exact) mass is 309 g/mol. The van der Waals surface area contributed by atoms with E-state index in [9.17, 15) is 4.79 Å². The number of hydrogen-bond donors (Lipinski definition) is 2. The van der Waals surface area contributed by atoms with Gasteiger partial charge in [0.2, 0.25) is 0 Å². The number of amides is 1. The zero-order chi connectivity index (χ0) is 14.5. The van der Waals surface area contributed by atoms with E-state index in [2.05, 4.69) is 10.3 Å². The molecule has 0 atom stereocenters. The van der Waals surface area contributed by atoms with Gasteiger partial charge in [0, 0.05) is 28.4 Å². The first-order valence-electron chi connectivity index (χ1n) is 6.00. The zero-order valence-corrected chi connectivity index (χ0v) is 12.1. The molecule has 3 N–H and O–H groups in total. The molecule has 1 heterocycles. The van der Waals surface area contributed by atoms with Crippen molar-refractivity contribution in [3.63, 3.8) is 0 Å². The van der Waals surface area contributed by atoms with Crippen molar-refractivity contribution >= 4 is 34.9 Å². The summed E-state index contributed by atoms with van der Waals surface area (Å²) in [6.07, 6.45) is 2.13. The molecule has 104 valence electrons. The normalized spacial score (nSPS) is 10.3. The van der Waals surface area contributed by atoms with E-state index in [-0.39, 0.29) is 5.91 Å². The molecule has 20 heavy (non-hydrogen) atoms. The molecule has 0 aliphatic rings. The van der Waals surface area contributed by atoms with Gasteiger partial charge < -0.3 is 11.1 Å². The van der Waals surface area contributed by atoms with Crippen molar-refractivity contribution in [1.29, 1.82) is 0 Å². The molecule has 1 aromatic heterocycles. The number of benzene rings is 1. The van der Waals surface area contributed by atoms with Crippen LogP contribution in [0.5, 0.6) is 0 Å². The van der Waals surface area contributed by atoms with E-state index in [0.717, 1.165) is 5.56 Å². The second-order valence-corrected chi connectivity index (χ2v) is 5.05. The predicted molar refractivity (Wildman–Crippen MR) is 81.1 cm³/mol. The Morgan fingerprint density at radius 3 is 2.75 bits per heavy atom. The number of rotatable bonds is 4. The smallest absolute Gasteiger partial charge is 0.251 e. The van der Waals surface area contributed by atoms with Crippen LogP contribution in [0.15, 0.2) is 36.5 Å². The van der Waals surface area contributed by atoms with Crippen molar-refractivity contribution in [2.24, 2.45) is 0 Å². The summed E-state index contributed by atoms with van der Waals surface area (Å²) in [7, 11) is 0. The van der Waals surface area contributed by atoms with Gasteiger partial charge in [0.05, 0.1) is 0 Å². The fourth-order valence-corrected chi connectivity index (χ4v) is 2.23. The van der Waals surface area contributed by atoms with Crippen molar-refractivity contribution < 1.29 is 4.79 Å². The molecular weight excluding hydrogens is 297 g/mol. The van der Waals surface area contributed by atoms with Gasteiger partial charge in [-0.2, -0.15) is 0 Å². The number of nitrogens with zero attached hydrogens (tertiary/aromatic N) is 1. The van der Waals surface area contributed by atoms with Crippen LogP contribution in [0.1, 0.15) is 15.9 Å². The molecule has 2 rings (SSSR count). The molecule has 0 radical (unpaired) electrons. The topological polar surface area (TPSA) is 68.0 Å². The first-order valence-corrected chi connectivity index (χ1v) is 6.75. The van der Waals surface area contributed by atoms with Crippen LogP contribution in [0.4, 0.5) is 5.82 Å². The third-order valence-corrected chi connectivity index (χ3v) is 3.33. The third-order valence-electron chi connectivity index (χ3n) is 2.74. The van der Waals surface area contributed by atoms with Crippen molar-refractivity contribution in [2.45, 2.75) is 6.42 Å². The number of anilines is 1. The Morgan fingerprint density at radius 1 is 1.25 bits per heavy atom. The number of halogens is 2. The summed E-state index contributed by atoms with van der Waals surface area (Å²) in [6.45, 7) is 0.475. The summed E-state index contributed by atoms with van der Waals surface area (Å²) in [4.78, 5) is 15.7. The van der Waals surface area contributed by atoms with Gasteiger partial charge in [-0.3, -0.25) is 4.79 Å². The van der Waals surface area contributed by atoms with Crippen molar-refractivity contribution in [3.8, 4) is 0 Å². The fraction of sp³-hybridized carbons (Fsp3) is 0.143. The SMILES string of the molecule is Nc1cc(C(=O)NCCc2ccc(Cl)cc2Cl)ccn1. The highest BCUT2D eigenvalue weighted by atomic mass is 35.5. The minimum atomic E-state index is -0.191. The van der Waals surface area contributed by atoms with Crippen molar-refractivity contribution in [2.75, 3.05) is 12.3 Å². The summed E-state index contributed by atoms with van der Waals surface area (Å²) < 4.78 is 0. The van der Waals surface area contributed by atoms with Gasteiger partial charge >= 0.3 is 0 Å². The molecule has 4 nitrogen and oxygen atoms in total. The van der Waals surface area contributed by atoms with Gasteiger partial charge in [-0.15, -0.1) is 0 Å². The molecule has 0 saturated carbocycles. The summed E-state index contributed by atoms with van der Waals surface area (Å²) in [5.41, 5.74) is 6.95. The summed E-state index contributed by atoms with van der Waals surface area (Å²) in [6, 6.07) is 8.45. The van der Waals surface area contributed by atoms with Gasteiger partial charge in [-0.1, -0.05) is 29.3 Å². The molecule has 0 aliphatic carbocycles. The van der Waals surface area contributed by atoms with E-state index < -0.39 is 0 Å². The van der Waals surface area contributed by atoms with Crippen LogP contribution in [0, 0.1) is 0 Å². The lowest BCUT2D eigenvalue weighted by molar-refractivity contribution is 0.0954. The molecule has 1 amide bonds. The van der Waals surface area contributed by atoms with Gasteiger partial charge in [0.15, 0.2) is 0 Å². The zero-order valence-electron chi connectivity index (χ0n) is 10.6. The Balaban J connectivity index is 1.91. The lowest BCUT2D eigenvalue weighted by Crippen LogP contribution is -2.25. The number of nitrogens with one attached hydrogen (secondary N) is 1. The van der Waals surface area contributed by atoms with Crippen LogP contribution in [0.25, 0.3) is 0 Å². The lowest BCUT2D eigenvalue weighted by Gasteiger charge is -2.07. The van der Waals surface area contributed by atoms with Crippen LogP contribution in [-0.2, 0) is 6.42 Å². The number of nitrogen functional groups attached to an aromatic ring is 1. The van der Waals surface area contributed by atoms with Gasteiger partial charge in [0.1, 0.15) is 5.82 Å². The maximum atomic E-state index is 11.9. The Bertz CT molecular complexity index is 632. The Morgan fingerprint density at radius 2 is 2.05 bits per heavy atom. The van der Waals surface area contributed by atoms with E-state index in [1.54, 1.807) is 18.2 Å². The van der Waals surface area contributed by atoms with Crippen LogP contribution >= 0.6 is 23.2 Å². The molecule has 0 aliphatic heterocycles. The molecule has 0 spiro atoms. The van der Waals surface area contributed by atoms with E-state index in [1.807, 2.05) is 6.07 Å². The van der Waals surface area contributed by atoms with E-state index in [1.165, 1.54) is 12.3 Å². The fourth-order valence-electron chi connectivity index (χ4n) is 1.73. The number of hydrogen-bond acceptors (Lipinski definition) is 3. The van der Waals surface area contributed by atoms with E-state index in [4.69, 9.17) is 28.9 Å². The second kappa shape index (κ2) is 6.59. The van der Waals surface area contributed by atoms with Gasteiger partial charge in [-0.25, -0.2) is 4.98 Å². The average molecular weight is 310 g/mol. The maximum absolute atomic E-state index is 11.9. The lowest BCUT2D eigenvalue weighted by atomic mass is 10.1. The molecule has 0 bridgehead atoms. The highest BCUT2D eigenvalue weighted by Crippen LogP contribution is 2.21. The van der Waals surface area contributed by atoms with E-state index >= 15 is 0 Å². The first kappa shape index (κ1) is 14.6. The molecular formula is C14H13Cl2N3O. The van der Waals surface area contributed by atoms with Crippen molar-refractivity contribution in [1.82, 2.24) is 10.3 Å². The number of carbonyl (C=O) groups is 1. The van der Waals surface area contributed by atoms with Crippen LogP contribution in [0.2, 0.25) is 10.0 Å². The Labute approximate surface area is 126 Å². The largest absolute Gasteiger partial charge is 0.384 e. The van der Waals surface area contributed by atoms with Gasteiger partial charge in [-0.05, 0) is 36.2 Å². The summed E-state index contributed by atoms with van der Waals surface area (Å²) >= 11 is 11.9. The number of pyridine rings is 1. The minimum Gasteiger partial charge on any atom is -0.384 e. The number of aromatic nitrogens is 1. The van der Waals surface area contributed by atoms with Crippen LogP contribution in [0.3, 0.4) is 0 Å². The van der Waals surface area contributed by atoms with Crippen LogP contribution in [-0.4, -0.2) is 17.4 Å². The summed E-state index contributed by atoms with van der Waals surface area (Å²) in [5.74, 6) is 0.127. The number of carbonyl (C=O) groups excluding carboxylic acids is 1. The number of nitrogens with two attached hydrogens (primary N) is 1. The Kier molecular flexibility index (Phi) is 4.82. The van der Waals surface area contributed by atoms with Crippen molar-refractivity contribution in [3.05, 3.63) is 57.7 Å². The molecule has 6 heteroatoms. The summed E-state index contributed by atoms with van der Waals surface area (Å²) in [5, 5.41) is 3.99. The van der Waals surface area contributed by atoms with Gasteiger partial charge in [0.25, 0.3) is 5.91 Å². The average Bonchev–Trinajstić information content (AvgIpc) is 2.41. The van der Waals surface area contributed by atoms with Crippen LogP contribution < -0.4 is 11.1 Å². The predicted octanol–water partition coefficient (Wildman–Crippen LogP) is 2.94. The molecule has 0 unspecified atom stereocenters. The molecule has 0 fully saturated rings. The standard InChI is InChI=1S/C14H13Cl2N3O/c15-11-2-1-9(12(16)8-11)3-6-19-14(20)10-4-5-18-13(17)7-10/h1-2,4-5,7-8H,3,6H2,(H2,17,18)(H,19,20). The molecule has 0 saturated heterocycles. The second-order valence-electron chi connectivity index (χ2n) is 4.21. The molecule has 1 aromatic carbocycles. The first-order chi connectivity index (χ1) is 9.56. The highest BCUT2D eigenvalue weighted by molar-refractivity contribution is 6.35. The highest BCUT2D eigenvalue weighted by Gasteiger charge is 2.06. The minimum absolute atomic E-state index is 0.191. The quantitative estimate of drug-likeness (QED) is 0.912. The van der Waals surface area contributed by atoms with E-state index in [0.29, 0.717) is 34.4 Å². The Hall–Kier alpha value is -1.78. The maximum Gasteiger partial charge on any atom is 0.251 e.